The first-order valence-electron chi connectivity index (χ1n) is 19.4. The van der Waals surface area contributed by atoms with E-state index in [1.54, 1.807) is 0 Å². The van der Waals surface area contributed by atoms with Crippen molar-refractivity contribution in [2.45, 2.75) is 118 Å². The summed E-state index contributed by atoms with van der Waals surface area (Å²) in [4.78, 5) is 96.6. The van der Waals surface area contributed by atoms with Crippen LogP contribution in [-0.2, 0) is 44.0 Å². The maximum Gasteiger partial charge on any atom is 0.446 e. The Kier molecular flexibility index (Phi) is 16.6. The van der Waals surface area contributed by atoms with E-state index in [0.29, 0.717) is 15.9 Å². The molecule has 3 fully saturated rings. The molecule has 0 saturated carbocycles. The maximum absolute atomic E-state index is 14.3. The molecule has 0 aromatic heterocycles. The van der Waals surface area contributed by atoms with Gasteiger partial charge in [0.1, 0.15) is 48.5 Å². The number of aliphatic hydroxyl groups is 8. The lowest BCUT2D eigenvalue weighted by Gasteiger charge is -2.34. The van der Waals surface area contributed by atoms with Crippen LogP contribution >= 0.6 is 0 Å². The molecule has 28 nitrogen and oxygen atoms in total. The van der Waals surface area contributed by atoms with Crippen molar-refractivity contribution in [1.29, 1.82) is 0 Å². The van der Waals surface area contributed by atoms with Crippen LogP contribution < -0.4 is 36.9 Å². The molecule has 7 amide bonds. The van der Waals surface area contributed by atoms with Crippen molar-refractivity contribution < 1.29 is 96.7 Å². The van der Waals surface area contributed by atoms with Crippen LogP contribution in [0.15, 0.2) is 18.2 Å². The van der Waals surface area contributed by atoms with Crippen molar-refractivity contribution >= 4 is 51.7 Å². The molecule has 18 N–H and O–H groups in total. The number of phenols is 1. The highest BCUT2D eigenvalue weighted by Gasteiger charge is 2.50. The van der Waals surface area contributed by atoms with Gasteiger partial charge in [0.25, 0.3) is 0 Å². The topological polar surface area (TPSA) is 472 Å². The van der Waals surface area contributed by atoms with Gasteiger partial charge in [-0.05, 0) is 24.6 Å². The highest BCUT2D eigenvalue weighted by molar-refractivity contribution is 7.81. The fraction of sp³-hybridized carbons (Fsp3) is 0.629. The summed E-state index contributed by atoms with van der Waals surface area (Å²) in [6.45, 7) is 1.26. The van der Waals surface area contributed by atoms with E-state index in [1.165, 1.54) is 6.92 Å². The number of phenolic OH excluding ortho intramolecular Hbond substituents is 1. The number of hydrogen-bond acceptors (Lipinski definition) is 20. The number of carbonyl (C=O) groups is 7. The summed E-state index contributed by atoms with van der Waals surface area (Å²) in [7, 11) is -5.30. The van der Waals surface area contributed by atoms with Gasteiger partial charge in [-0.2, -0.15) is 8.42 Å². The van der Waals surface area contributed by atoms with Crippen molar-refractivity contribution in [3.63, 3.8) is 0 Å². The minimum atomic E-state index is -5.30. The van der Waals surface area contributed by atoms with Gasteiger partial charge in [0.05, 0.1) is 36.9 Å². The first kappa shape index (κ1) is 51.3. The van der Waals surface area contributed by atoms with Gasteiger partial charge < -0.3 is 92.7 Å². The summed E-state index contributed by atoms with van der Waals surface area (Å²) >= 11 is 0. The van der Waals surface area contributed by atoms with Gasteiger partial charge in [0, 0.05) is 31.8 Å². The molecule has 3 saturated heterocycles. The van der Waals surface area contributed by atoms with E-state index < -0.39 is 192 Å². The molecule has 1 aromatic rings. The number of amides is 7. The highest BCUT2D eigenvalue weighted by atomic mass is 32.3. The third kappa shape index (κ3) is 12.1. The second-order valence-electron chi connectivity index (χ2n) is 15.8. The Morgan fingerprint density at radius 1 is 0.844 bits per heavy atom. The zero-order valence-electron chi connectivity index (χ0n) is 33.9. The van der Waals surface area contributed by atoms with Gasteiger partial charge in [-0.25, -0.2) is 0 Å². The fourth-order valence-corrected chi connectivity index (χ4v) is 7.77. The molecule has 3 aliphatic rings. The van der Waals surface area contributed by atoms with E-state index in [0.717, 1.165) is 19.1 Å². The molecule has 3 aliphatic heterocycles. The third-order valence-corrected chi connectivity index (χ3v) is 11.2. The summed E-state index contributed by atoms with van der Waals surface area (Å²) < 4.78 is 36.2. The first-order valence-corrected chi connectivity index (χ1v) is 20.8. The number of primary amides is 1. The largest absolute Gasteiger partial charge is 0.504 e. The third-order valence-electron chi connectivity index (χ3n) is 10.8. The Labute approximate surface area is 363 Å². The summed E-state index contributed by atoms with van der Waals surface area (Å²) in [6, 6.07) is -10.2. The number of nitrogens with zero attached hydrogens (tertiary/aromatic N) is 2. The summed E-state index contributed by atoms with van der Waals surface area (Å²) in [5.41, 5.74) is 10.6. The number of hydrogen-bond donors (Lipinski definition) is 16. The number of nitrogens with two attached hydrogens (primary N) is 2. The first-order chi connectivity index (χ1) is 29.6. The molecule has 0 bridgehead atoms. The molecule has 15 atom stereocenters. The number of benzene rings is 1. The van der Waals surface area contributed by atoms with Gasteiger partial charge in [-0.1, -0.05) is 13.0 Å². The zero-order valence-corrected chi connectivity index (χ0v) is 34.8. The quantitative estimate of drug-likeness (QED) is 0.102. The van der Waals surface area contributed by atoms with Crippen LogP contribution in [0.5, 0.6) is 11.5 Å². The molecular weight excluding hydrogens is 884 g/mol. The van der Waals surface area contributed by atoms with Crippen LogP contribution in [0.4, 0.5) is 0 Å². The van der Waals surface area contributed by atoms with Crippen LogP contribution in [0, 0.1) is 5.92 Å². The molecule has 3 heterocycles. The van der Waals surface area contributed by atoms with E-state index in [2.05, 4.69) is 14.8 Å². The van der Waals surface area contributed by atoms with Gasteiger partial charge in [-0.3, -0.25) is 38.1 Å². The van der Waals surface area contributed by atoms with Crippen LogP contribution in [0.3, 0.4) is 0 Å². The van der Waals surface area contributed by atoms with Crippen LogP contribution in [-0.4, -0.2) is 202 Å². The number of carbonyl (C=O) groups excluding carboxylic acids is 7. The summed E-state index contributed by atoms with van der Waals surface area (Å²) in [5, 5.41) is 106. The summed E-state index contributed by atoms with van der Waals surface area (Å²) in [6.07, 6.45) is -19.1. The Balaban J connectivity index is 1.88. The Bertz CT molecular complexity index is 2060. The molecule has 64 heavy (non-hydrogen) atoms. The molecular formula is C35H52N8O20S. The number of aliphatic hydroxyl groups excluding tert-OH is 8. The fourth-order valence-electron chi connectivity index (χ4n) is 7.41. The summed E-state index contributed by atoms with van der Waals surface area (Å²) in [5.74, 6) is -12.4. The standard InChI is InChI=1S/C35H52N8O20S/c1-11-9-43-25(26(11)50)33(57)41-31(55)19(48)7-15(36)29(53)38-22(12(2)44)34(58)42-10-14(45)6-16(42)30(54)40-24(32(56)39-23(35(43)59)18(47)8-21(37)49)28(52)27(51)13-3-4-17(46)20(5-13)63-64(60,61)62/h3-5,11-12,14-16,18-19,22-28,31,44-48,50-52,55H,6-10,36H2,1-2H3,(H2,37,49)(H,38,53)(H,39,56)(H,40,54)(H,41,57)(H,60,61,62)/t11-,12?,14+,15+,16-,18?,19+,22-,23-,24-,25-,26-,27?,28?,31+/m0/s1. The van der Waals surface area contributed by atoms with Gasteiger partial charge >= 0.3 is 10.4 Å². The SMILES string of the molecule is CC(O)[C@@H]1NC(=O)[C@H](N)C[C@@H](O)[C@@H](O)NC(=O)[C@@H]2[C@@H](O)[C@@H](C)CN2C(=O)[C@H](C(O)CC(N)=O)NC(=O)[C@H](C(O)C(O)c2ccc(O)c(OS(=O)(=O)O)c2)NC(=O)[C@@H]2C[C@@H](O)CN2C1=O. The van der Waals surface area contributed by atoms with Crippen molar-refractivity contribution in [3.05, 3.63) is 23.8 Å². The van der Waals surface area contributed by atoms with Gasteiger partial charge in [-0.15, -0.1) is 0 Å². The van der Waals surface area contributed by atoms with Crippen molar-refractivity contribution in [2.75, 3.05) is 13.1 Å². The second kappa shape index (κ2) is 20.7. The molecule has 0 radical (unpaired) electrons. The minimum Gasteiger partial charge on any atom is -0.504 e. The minimum absolute atomic E-state index is 0.508. The lowest BCUT2D eigenvalue weighted by atomic mass is 9.96. The Hall–Kier alpha value is -5.34. The molecule has 0 spiro atoms. The van der Waals surface area contributed by atoms with Gasteiger partial charge in [0.2, 0.25) is 41.4 Å². The lowest BCUT2D eigenvalue weighted by molar-refractivity contribution is -0.149. The highest BCUT2D eigenvalue weighted by Crippen LogP contribution is 2.32. The van der Waals surface area contributed by atoms with Crippen molar-refractivity contribution in [3.8, 4) is 11.5 Å². The van der Waals surface area contributed by atoms with Crippen LogP contribution in [0.25, 0.3) is 0 Å². The van der Waals surface area contributed by atoms with E-state index in [4.69, 9.17) is 16.0 Å². The number of fused-ring (bicyclic) bond motifs is 2. The predicted molar refractivity (Wildman–Crippen MR) is 208 cm³/mol. The second-order valence-corrected chi connectivity index (χ2v) is 16.8. The average molecular weight is 937 g/mol. The predicted octanol–water partition coefficient (Wildman–Crippen LogP) is -9.26. The van der Waals surface area contributed by atoms with Crippen molar-refractivity contribution in [2.24, 2.45) is 17.4 Å². The maximum atomic E-state index is 14.3. The number of nitrogens with one attached hydrogen (secondary N) is 4. The van der Waals surface area contributed by atoms with E-state index in [-0.39, 0.29) is 0 Å². The lowest BCUT2D eigenvalue weighted by Crippen LogP contribution is -2.64. The van der Waals surface area contributed by atoms with Gasteiger partial charge in [0.15, 0.2) is 17.7 Å². The molecule has 358 valence electrons. The zero-order chi connectivity index (χ0) is 48.3. The Morgan fingerprint density at radius 3 is 2.03 bits per heavy atom. The van der Waals surface area contributed by atoms with E-state index >= 15 is 0 Å². The smallest absolute Gasteiger partial charge is 0.446 e. The number of rotatable bonds is 9. The molecule has 29 heteroatoms. The molecule has 1 aromatic carbocycles. The van der Waals surface area contributed by atoms with Crippen LogP contribution in [0.2, 0.25) is 0 Å². The average Bonchev–Trinajstić information content (AvgIpc) is 3.74. The molecule has 4 unspecified atom stereocenters. The Morgan fingerprint density at radius 2 is 1.44 bits per heavy atom. The van der Waals surface area contributed by atoms with Crippen molar-refractivity contribution in [1.82, 2.24) is 31.1 Å². The van der Waals surface area contributed by atoms with E-state index in [1.807, 2.05) is 10.6 Å². The van der Waals surface area contributed by atoms with Crippen LogP contribution in [0.1, 0.15) is 44.8 Å². The van der Waals surface area contributed by atoms with E-state index in [9.17, 15) is 87.9 Å². The monoisotopic (exact) mass is 936 g/mol. The normalized spacial score (nSPS) is 32.4. The molecule has 0 aliphatic carbocycles. The number of aromatic hydroxyl groups is 1. The molecule has 4 rings (SSSR count).